The second-order valence-electron chi connectivity index (χ2n) is 4.53. The van der Waals surface area contributed by atoms with E-state index in [1.165, 1.54) is 11.3 Å². The van der Waals surface area contributed by atoms with Gasteiger partial charge in [-0.2, -0.15) is 0 Å². The van der Waals surface area contributed by atoms with Crippen molar-refractivity contribution in [3.05, 3.63) is 40.9 Å². The largest absolute Gasteiger partial charge is 0.350 e. The second-order valence-corrected chi connectivity index (χ2v) is 5.39. The molecule has 1 heterocycles. The molecule has 2 N–H and O–H groups in total. The van der Waals surface area contributed by atoms with E-state index in [-0.39, 0.29) is 11.7 Å². The zero-order valence-electron chi connectivity index (χ0n) is 12.0. The van der Waals surface area contributed by atoms with Gasteiger partial charge in [-0.05, 0) is 31.2 Å². The molecule has 2 aromatic rings. The van der Waals surface area contributed by atoms with Crippen molar-refractivity contribution in [1.82, 2.24) is 10.3 Å². The number of hydrogen-bond donors (Lipinski definition) is 2. The van der Waals surface area contributed by atoms with E-state index in [1.54, 1.807) is 19.1 Å². The molecule has 0 unspecified atom stereocenters. The summed E-state index contributed by atoms with van der Waals surface area (Å²) in [4.78, 5) is 26.8. The van der Waals surface area contributed by atoms with Gasteiger partial charge in [0.15, 0.2) is 10.9 Å². The fraction of sp³-hybridized carbons (Fsp3) is 0.267. The molecule has 0 fully saturated rings. The molecule has 21 heavy (non-hydrogen) atoms. The van der Waals surface area contributed by atoms with E-state index in [4.69, 9.17) is 0 Å². The second kappa shape index (κ2) is 6.99. The van der Waals surface area contributed by atoms with E-state index in [1.807, 2.05) is 24.4 Å². The summed E-state index contributed by atoms with van der Waals surface area (Å²) in [5, 5.41) is 8.62. The Bertz CT molecular complexity index is 635. The Labute approximate surface area is 127 Å². The maximum Gasteiger partial charge on any atom is 0.220 e. The Morgan fingerprint density at radius 2 is 1.95 bits per heavy atom. The molecule has 5 nitrogen and oxygen atoms in total. The highest BCUT2D eigenvalue weighted by Crippen LogP contribution is 2.21. The summed E-state index contributed by atoms with van der Waals surface area (Å²) in [6.45, 7) is 3.79. The number of thiazole rings is 1. The molecular weight excluding hydrogens is 286 g/mol. The lowest BCUT2D eigenvalue weighted by Crippen LogP contribution is -2.21. The monoisotopic (exact) mass is 303 g/mol. The Morgan fingerprint density at radius 3 is 2.57 bits per heavy atom. The van der Waals surface area contributed by atoms with E-state index in [0.717, 1.165) is 16.5 Å². The van der Waals surface area contributed by atoms with Crippen LogP contribution in [0.15, 0.2) is 29.6 Å². The minimum Gasteiger partial charge on any atom is -0.350 e. The van der Waals surface area contributed by atoms with Gasteiger partial charge in [0, 0.05) is 23.1 Å². The van der Waals surface area contributed by atoms with Gasteiger partial charge in [-0.15, -0.1) is 11.3 Å². The van der Waals surface area contributed by atoms with Crippen molar-refractivity contribution in [3.8, 4) is 0 Å². The van der Waals surface area contributed by atoms with Crippen LogP contribution in [0.3, 0.4) is 0 Å². The number of aromatic nitrogens is 1. The fourth-order valence-corrected chi connectivity index (χ4v) is 2.40. The Morgan fingerprint density at radius 1 is 1.24 bits per heavy atom. The molecule has 0 aliphatic rings. The van der Waals surface area contributed by atoms with E-state index in [9.17, 15) is 9.59 Å². The van der Waals surface area contributed by atoms with Crippen molar-refractivity contribution in [2.75, 3.05) is 5.32 Å². The first-order chi connectivity index (χ1) is 10.1. The first-order valence-electron chi connectivity index (χ1n) is 6.67. The van der Waals surface area contributed by atoms with Gasteiger partial charge < -0.3 is 10.6 Å². The summed E-state index contributed by atoms with van der Waals surface area (Å²) < 4.78 is 0. The number of carbonyl (C=O) groups is 2. The minimum atomic E-state index is 0.0114. The van der Waals surface area contributed by atoms with E-state index in [0.29, 0.717) is 18.5 Å². The van der Waals surface area contributed by atoms with Crippen LogP contribution in [-0.2, 0) is 11.3 Å². The molecule has 0 saturated carbocycles. The smallest absolute Gasteiger partial charge is 0.220 e. The molecule has 1 amide bonds. The highest BCUT2D eigenvalue weighted by Gasteiger charge is 2.05. The summed E-state index contributed by atoms with van der Waals surface area (Å²) in [6, 6.07) is 7.24. The molecule has 1 aromatic carbocycles. The summed E-state index contributed by atoms with van der Waals surface area (Å²) >= 11 is 1.47. The third kappa shape index (κ3) is 4.39. The minimum absolute atomic E-state index is 0.0114. The van der Waals surface area contributed by atoms with Crippen LogP contribution in [-0.4, -0.2) is 16.7 Å². The highest BCUT2D eigenvalue weighted by atomic mass is 32.1. The van der Waals surface area contributed by atoms with Crippen LogP contribution < -0.4 is 10.6 Å². The molecule has 1 aromatic heterocycles. The number of nitrogens with one attached hydrogen (secondary N) is 2. The normalized spacial score (nSPS) is 10.2. The predicted molar refractivity (Wildman–Crippen MR) is 84.0 cm³/mol. The molecule has 0 radical (unpaired) electrons. The lowest BCUT2D eigenvalue weighted by Gasteiger charge is -2.03. The van der Waals surface area contributed by atoms with Gasteiger partial charge in [-0.1, -0.05) is 6.92 Å². The van der Waals surface area contributed by atoms with Crippen molar-refractivity contribution in [3.63, 3.8) is 0 Å². The number of ketones is 1. The molecule has 0 saturated heterocycles. The first-order valence-corrected chi connectivity index (χ1v) is 7.55. The van der Waals surface area contributed by atoms with Crippen molar-refractivity contribution in [2.24, 2.45) is 0 Å². The van der Waals surface area contributed by atoms with Gasteiger partial charge >= 0.3 is 0 Å². The van der Waals surface area contributed by atoms with Gasteiger partial charge in [0.25, 0.3) is 0 Å². The molecule has 0 atom stereocenters. The molecular formula is C15H17N3O2S. The standard InChI is InChI=1S/C15H17N3O2S/c1-3-14(20)16-8-13-9-21-15(18-13)17-12-6-4-11(5-7-12)10(2)19/h4-7,9H,3,8H2,1-2H3,(H,16,20)(H,17,18). The lowest BCUT2D eigenvalue weighted by atomic mass is 10.1. The molecule has 0 aliphatic heterocycles. The number of rotatable bonds is 6. The topological polar surface area (TPSA) is 71.1 Å². The summed E-state index contributed by atoms with van der Waals surface area (Å²) in [5.41, 5.74) is 2.38. The zero-order chi connectivity index (χ0) is 15.2. The molecule has 110 valence electrons. The van der Waals surface area contributed by atoms with Crippen molar-refractivity contribution in [2.45, 2.75) is 26.8 Å². The average Bonchev–Trinajstić information content (AvgIpc) is 2.93. The number of amides is 1. The maximum absolute atomic E-state index is 11.2. The quantitative estimate of drug-likeness (QED) is 0.804. The number of benzene rings is 1. The van der Waals surface area contributed by atoms with Crippen LogP contribution in [0, 0.1) is 0 Å². The number of nitrogens with zero attached hydrogens (tertiary/aromatic N) is 1. The third-order valence-corrected chi connectivity index (χ3v) is 3.69. The van der Waals surface area contributed by atoms with Crippen LogP contribution in [0.1, 0.15) is 36.3 Å². The average molecular weight is 303 g/mol. The molecule has 6 heteroatoms. The predicted octanol–water partition coefficient (Wildman–Crippen LogP) is 3.12. The van der Waals surface area contributed by atoms with E-state index in [2.05, 4.69) is 15.6 Å². The fourth-order valence-electron chi connectivity index (χ4n) is 1.67. The van der Waals surface area contributed by atoms with Crippen LogP contribution >= 0.6 is 11.3 Å². The number of hydrogen-bond acceptors (Lipinski definition) is 5. The van der Waals surface area contributed by atoms with E-state index >= 15 is 0 Å². The van der Waals surface area contributed by atoms with Gasteiger partial charge in [-0.25, -0.2) is 4.98 Å². The van der Waals surface area contributed by atoms with Crippen LogP contribution in [0.2, 0.25) is 0 Å². The number of Topliss-reactive ketones (excluding diaryl/α,β-unsaturated/α-hetero) is 1. The van der Waals surface area contributed by atoms with Crippen LogP contribution in [0.5, 0.6) is 0 Å². The molecule has 0 spiro atoms. The highest BCUT2D eigenvalue weighted by molar-refractivity contribution is 7.13. The summed E-state index contributed by atoms with van der Waals surface area (Å²) in [6.07, 6.45) is 0.470. The summed E-state index contributed by atoms with van der Waals surface area (Å²) in [7, 11) is 0. The third-order valence-electron chi connectivity index (χ3n) is 2.88. The lowest BCUT2D eigenvalue weighted by molar-refractivity contribution is -0.120. The SMILES string of the molecule is CCC(=O)NCc1csc(Nc2ccc(C(C)=O)cc2)n1. The number of carbonyl (C=O) groups excluding carboxylic acids is 2. The molecule has 2 rings (SSSR count). The Hall–Kier alpha value is -2.21. The first kappa shape index (κ1) is 15.2. The molecule has 0 bridgehead atoms. The van der Waals surface area contributed by atoms with Gasteiger partial charge in [-0.3, -0.25) is 9.59 Å². The van der Waals surface area contributed by atoms with Crippen molar-refractivity contribution in [1.29, 1.82) is 0 Å². The van der Waals surface area contributed by atoms with Gasteiger partial charge in [0.1, 0.15) is 0 Å². The Kier molecular flexibility index (Phi) is 5.05. The Balaban J connectivity index is 1.95. The van der Waals surface area contributed by atoms with Crippen LogP contribution in [0.25, 0.3) is 0 Å². The van der Waals surface area contributed by atoms with Crippen molar-refractivity contribution < 1.29 is 9.59 Å². The molecule has 0 aliphatic carbocycles. The maximum atomic E-state index is 11.2. The van der Waals surface area contributed by atoms with Gasteiger partial charge in [0.2, 0.25) is 5.91 Å². The van der Waals surface area contributed by atoms with Crippen LogP contribution in [0.4, 0.5) is 10.8 Å². The van der Waals surface area contributed by atoms with E-state index < -0.39 is 0 Å². The summed E-state index contributed by atoms with van der Waals surface area (Å²) in [5.74, 6) is 0.0575. The number of anilines is 2. The van der Waals surface area contributed by atoms with Gasteiger partial charge in [0.05, 0.1) is 12.2 Å². The van der Waals surface area contributed by atoms with Crippen molar-refractivity contribution >= 4 is 33.8 Å². The zero-order valence-corrected chi connectivity index (χ0v) is 12.8.